The van der Waals surface area contributed by atoms with E-state index in [4.69, 9.17) is 9.72 Å². The fourth-order valence-electron chi connectivity index (χ4n) is 4.08. The number of phenols is 3. The number of benzene rings is 4. The number of ether oxygens (including phenoxy) is 1. The van der Waals surface area contributed by atoms with Gasteiger partial charge >= 0.3 is 0 Å². The van der Waals surface area contributed by atoms with E-state index in [-0.39, 0.29) is 34.7 Å². The van der Waals surface area contributed by atoms with Crippen LogP contribution in [-0.4, -0.2) is 31.4 Å². The molecule has 33 heavy (non-hydrogen) atoms. The molecule has 0 spiro atoms. The van der Waals surface area contributed by atoms with Crippen molar-refractivity contribution in [1.82, 2.24) is 9.97 Å². The lowest BCUT2D eigenvalue weighted by Gasteiger charge is -2.16. The molecule has 1 aromatic heterocycles. The molecule has 4 aromatic carbocycles. The Hall–Kier alpha value is -4.32. The van der Waals surface area contributed by atoms with Crippen molar-refractivity contribution in [1.29, 1.82) is 0 Å². The zero-order valence-electron chi connectivity index (χ0n) is 18.1. The van der Waals surface area contributed by atoms with E-state index in [0.717, 1.165) is 39.2 Å². The maximum Gasteiger partial charge on any atom is 0.217 e. The smallest absolute Gasteiger partial charge is 0.217 e. The molecule has 3 N–H and O–H groups in total. The highest BCUT2D eigenvalue weighted by Gasteiger charge is 2.20. The maximum atomic E-state index is 10.5. The molecule has 0 aliphatic rings. The Balaban J connectivity index is 1.86. The molecule has 0 amide bonds. The molecule has 0 unspecified atom stereocenters. The van der Waals surface area contributed by atoms with E-state index in [2.05, 4.69) is 23.2 Å². The van der Waals surface area contributed by atoms with Crippen LogP contribution in [-0.2, 0) is 0 Å². The van der Waals surface area contributed by atoms with Crippen LogP contribution in [0.4, 0.5) is 0 Å². The van der Waals surface area contributed by atoms with Crippen LogP contribution in [0.5, 0.6) is 23.1 Å². The van der Waals surface area contributed by atoms with Gasteiger partial charge in [0.25, 0.3) is 0 Å². The van der Waals surface area contributed by atoms with Crippen molar-refractivity contribution < 1.29 is 20.1 Å². The monoisotopic (exact) mass is 438 g/mol. The summed E-state index contributed by atoms with van der Waals surface area (Å²) in [5, 5.41) is 34.8. The lowest BCUT2D eigenvalue weighted by Crippen LogP contribution is -2.08. The summed E-state index contributed by atoms with van der Waals surface area (Å²) >= 11 is 0. The van der Waals surface area contributed by atoms with E-state index in [9.17, 15) is 15.3 Å². The zero-order valence-corrected chi connectivity index (χ0v) is 18.1. The number of hydrogen-bond donors (Lipinski definition) is 3. The summed E-state index contributed by atoms with van der Waals surface area (Å²) in [5.74, 6) is -0.515. The van der Waals surface area contributed by atoms with Gasteiger partial charge in [0.2, 0.25) is 5.88 Å². The maximum absolute atomic E-state index is 10.5. The van der Waals surface area contributed by atoms with Crippen LogP contribution in [0.15, 0.2) is 72.8 Å². The molecule has 0 radical (unpaired) electrons. The van der Waals surface area contributed by atoms with Crippen molar-refractivity contribution in [2.75, 3.05) is 0 Å². The lowest BCUT2D eigenvalue weighted by atomic mass is 9.94. The average molecular weight is 438 g/mol. The molecule has 164 valence electrons. The zero-order chi connectivity index (χ0) is 23.1. The van der Waals surface area contributed by atoms with E-state index in [1.165, 1.54) is 0 Å². The van der Waals surface area contributed by atoms with E-state index < -0.39 is 0 Å². The van der Waals surface area contributed by atoms with Crippen LogP contribution in [0.2, 0.25) is 0 Å². The molecule has 0 saturated heterocycles. The molecule has 1 heterocycles. The van der Waals surface area contributed by atoms with Crippen molar-refractivity contribution in [3.63, 3.8) is 0 Å². The Kier molecular flexibility index (Phi) is 4.98. The summed E-state index contributed by atoms with van der Waals surface area (Å²) in [6.45, 7) is 3.79. The van der Waals surface area contributed by atoms with Gasteiger partial charge in [-0.1, -0.05) is 48.5 Å². The van der Waals surface area contributed by atoms with Gasteiger partial charge in [0.15, 0.2) is 5.82 Å². The number of aromatic nitrogens is 2. The fourth-order valence-corrected chi connectivity index (χ4v) is 4.08. The molecule has 0 saturated carbocycles. The van der Waals surface area contributed by atoms with Crippen LogP contribution < -0.4 is 4.74 Å². The Bertz CT molecular complexity index is 1430. The molecular weight excluding hydrogens is 416 g/mol. The Morgan fingerprint density at radius 2 is 1.27 bits per heavy atom. The second kappa shape index (κ2) is 7.98. The van der Waals surface area contributed by atoms with Gasteiger partial charge in [-0.3, -0.25) is 0 Å². The molecule has 5 rings (SSSR count). The Morgan fingerprint density at radius 3 is 1.85 bits per heavy atom. The molecule has 0 fully saturated rings. The second-order valence-electron chi connectivity index (χ2n) is 8.13. The van der Waals surface area contributed by atoms with Gasteiger partial charge in [-0.05, 0) is 41.5 Å². The number of phenolic OH excluding ortho intramolecular Hbond substituents is 3. The Morgan fingerprint density at radius 1 is 0.697 bits per heavy atom. The van der Waals surface area contributed by atoms with Crippen LogP contribution in [0, 0.1) is 0 Å². The number of rotatable bonds is 4. The molecular formula is C27H22N2O4. The highest BCUT2D eigenvalue weighted by molar-refractivity contribution is 6.12. The van der Waals surface area contributed by atoms with Crippen molar-refractivity contribution in [2.24, 2.45) is 0 Å². The fraction of sp³-hybridized carbons (Fsp3) is 0.111. The van der Waals surface area contributed by atoms with Gasteiger partial charge in [-0.15, -0.1) is 0 Å². The summed E-state index contributed by atoms with van der Waals surface area (Å²) in [6.07, 6.45) is -0.146. The highest BCUT2D eigenvalue weighted by atomic mass is 16.5. The molecule has 5 aromatic rings. The standard InChI is InChI=1S/C27H22N2O4/c1-15(2)33-24-14-21(28-27(29-24)26-22(31)12-18(30)13-23(26)32)25-19-9-5-3-7-16(19)11-17-8-4-6-10-20(17)25/h3-15,30-32H,1-2H3. The summed E-state index contributed by atoms with van der Waals surface area (Å²) in [7, 11) is 0. The molecule has 0 aliphatic carbocycles. The van der Waals surface area contributed by atoms with Gasteiger partial charge < -0.3 is 20.1 Å². The number of fused-ring (bicyclic) bond motifs is 2. The third-order valence-corrected chi connectivity index (χ3v) is 5.39. The highest BCUT2D eigenvalue weighted by Crippen LogP contribution is 2.42. The topological polar surface area (TPSA) is 95.7 Å². The first-order chi connectivity index (χ1) is 15.9. The summed E-state index contributed by atoms with van der Waals surface area (Å²) in [4.78, 5) is 9.19. The first kappa shape index (κ1) is 20.6. The minimum absolute atomic E-state index is 0.0211. The van der Waals surface area contributed by atoms with Gasteiger partial charge in [0, 0.05) is 23.8 Å². The third kappa shape index (κ3) is 3.76. The van der Waals surface area contributed by atoms with Gasteiger partial charge in [0.1, 0.15) is 22.8 Å². The van der Waals surface area contributed by atoms with Crippen LogP contribution >= 0.6 is 0 Å². The summed E-state index contributed by atoms with van der Waals surface area (Å²) in [5.41, 5.74) is 1.52. The van der Waals surface area contributed by atoms with E-state index >= 15 is 0 Å². The summed E-state index contributed by atoms with van der Waals surface area (Å²) in [6, 6.07) is 22.3. The summed E-state index contributed by atoms with van der Waals surface area (Å²) < 4.78 is 5.90. The van der Waals surface area contributed by atoms with Crippen LogP contribution in [0.3, 0.4) is 0 Å². The van der Waals surface area contributed by atoms with E-state index in [1.807, 2.05) is 50.2 Å². The normalized spacial score (nSPS) is 11.4. The first-order valence-corrected chi connectivity index (χ1v) is 10.6. The average Bonchev–Trinajstić information content (AvgIpc) is 2.76. The number of aromatic hydroxyl groups is 3. The molecule has 6 heteroatoms. The van der Waals surface area contributed by atoms with Gasteiger partial charge in [-0.2, -0.15) is 4.98 Å². The molecule has 0 atom stereocenters. The predicted octanol–water partition coefficient (Wildman–Crippen LogP) is 6.02. The third-order valence-electron chi connectivity index (χ3n) is 5.39. The Labute approximate surface area is 190 Å². The minimum Gasteiger partial charge on any atom is -0.508 e. The number of hydrogen-bond acceptors (Lipinski definition) is 6. The number of nitrogens with zero attached hydrogens (tertiary/aromatic N) is 2. The molecule has 6 nitrogen and oxygen atoms in total. The van der Waals surface area contributed by atoms with Gasteiger partial charge in [-0.25, -0.2) is 4.98 Å². The van der Waals surface area contributed by atoms with Crippen molar-refractivity contribution in [3.05, 3.63) is 72.8 Å². The lowest BCUT2D eigenvalue weighted by molar-refractivity contribution is 0.232. The first-order valence-electron chi connectivity index (χ1n) is 10.6. The minimum atomic E-state index is -0.331. The molecule has 0 bridgehead atoms. The van der Waals surface area contributed by atoms with Crippen LogP contribution in [0.1, 0.15) is 13.8 Å². The quantitative estimate of drug-likeness (QED) is 0.297. The molecule has 0 aliphatic heterocycles. The van der Waals surface area contributed by atoms with Crippen molar-refractivity contribution >= 4 is 21.5 Å². The van der Waals surface area contributed by atoms with Gasteiger partial charge in [0.05, 0.1) is 11.8 Å². The largest absolute Gasteiger partial charge is 0.508 e. The van der Waals surface area contributed by atoms with Crippen molar-refractivity contribution in [3.8, 4) is 45.8 Å². The van der Waals surface area contributed by atoms with E-state index in [0.29, 0.717) is 11.6 Å². The predicted molar refractivity (Wildman–Crippen MR) is 129 cm³/mol. The SMILES string of the molecule is CC(C)Oc1cc(-c2c3ccccc3cc3ccccc23)nc(-c2c(O)cc(O)cc2O)n1. The second-order valence-corrected chi connectivity index (χ2v) is 8.13. The van der Waals surface area contributed by atoms with E-state index in [1.54, 1.807) is 6.07 Å². The van der Waals surface area contributed by atoms with Crippen molar-refractivity contribution in [2.45, 2.75) is 20.0 Å². The van der Waals surface area contributed by atoms with Crippen LogP contribution in [0.25, 0.3) is 44.2 Å².